The van der Waals surface area contributed by atoms with Gasteiger partial charge in [0.05, 0.1) is 20.2 Å². The van der Waals surface area contributed by atoms with Crippen LogP contribution in [0.1, 0.15) is 67.7 Å². The van der Waals surface area contributed by atoms with Crippen LogP contribution in [0.15, 0.2) is 0 Å². The summed E-state index contributed by atoms with van der Waals surface area (Å²) in [5.74, 6) is -1.04. The van der Waals surface area contributed by atoms with E-state index < -0.39 is 28.8 Å². The minimum absolute atomic E-state index is 0. The molecule has 0 spiro atoms. The minimum atomic E-state index is -1.36. The quantitative estimate of drug-likeness (QED) is 0.111. The van der Waals surface area contributed by atoms with Crippen molar-refractivity contribution >= 4 is 30.5 Å². The van der Waals surface area contributed by atoms with Gasteiger partial charge in [0.15, 0.2) is 5.54 Å². The molecular weight excluding hydrogens is 717 g/mol. The van der Waals surface area contributed by atoms with Gasteiger partial charge in [0.2, 0.25) is 5.91 Å². The molecule has 1 saturated heterocycles. The number of nitrogens with one attached hydrogen (secondary N) is 3. The first kappa shape index (κ1) is 34.1. The van der Waals surface area contributed by atoms with Crippen LogP contribution in [0.5, 0.6) is 0 Å². The number of esters is 1. The summed E-state index contributed by atoms with van der Waals surface area (Å²) in [6, 6.07) is 0. The predicted octanol–water partition coefficient (Wildman–Crippen LogP) is 1.62. The van der Waals surface area contributed by atoms with Crippen LogP contribution in [0.3, 0.4) is 0 Å². The summed E-state index contributed by atoms with van der Waals surface area (Å²) in [6.07, 6.45) is 2.58. The molecule has 0 saturated carbocycles. The zero-order valence-corrected chi connectivity index (χ0v) is 24.9. The first-order valence-electron chi connectivity index (χ1n) is 11.5. The molecule has 0 bridgehead atoms. The van der Waals surface area contributed by atoms with Gasteiger partial charge in [-0.15, -0.1) is 0 Å². The fraction of sp³-hybridized carbons (Fsp3) is 0.783. The first-order valence-corrected chi connectivity index (χ1v) is 11.5. The van der Waals surface area contributed by atoms with Gasteiger partial charge in [-0.05, 0) is 48.0 Å². The number of nitrogens with zero attached hydrogens (tertiary/aromatic N) is 1. The number of hydrogen-bond donors (Lipinski definition) is 3. The van der Waals surface area contributed by atoms with Gasteiger partial charge < -0.3 is 39.9 Å². The number of carbonyl (C=O) groups excluding carboxylic acids is 5. The maximum absolute atomic E-state index is 12.1. The predicted molar refractivity (Wildman–Crippen MR) is 128 cm³/mol. The summed E-state index contributed by atoms with van der Waals surface area (Å²) in [4.78, 5) is 58.5. The molecule has 1 unspecified atom stereocenters. The average molecular weight is 759 g/mol. The molecule has 0 aromatic carbocycles. The smallest absolute Gasteiger partial charge is 0.408 e. The molecule has 0 aromatic rings. The molecule has 1 aliphatic rings. The Morgan fingerprint density at radius 1 is 1.00 bits per heavy atom. The third-order valence-electron chi connectivity index (χ3n) is 4.45. The van der Waals surface area contributed by atoms with Crippen LogP contribution >= 0.6 is 0 Å². The van der Waals surface area contributed by atoms with Crippen molar-refractivity contribution < 1.29 is 38.2 Å². The largest absolute Gasteiger partial charge is 0.522 e. The zero-order chi connectivity index (χ0) is 27.3. The van der Waals surface area contributed by atoms with Crippen LogP contribution in [0, 0.1) is 0 Å². The molecule has 36 heavy (non-hydrogen) atoms. The Hall–Kier alpha value is -4.05. The van der Waals surface area contributed by atoms with Crippen molar-refractivity contribution in [1.29, 1.82) is 0 Å². The Morgan fingerprint density at radius 3 is 2.03 bits per heavy atom. The Labute approximate surface area is 207 Å². The number of likely N-dealkylation sites (tertiary alicyclic amines) is 1. The molecular formula is C23H41FmN4O8-. The number of rotatable bonds is 8. The molecule has 4 amide bonds. The molecule has 0 aliphatic carbocycles. The second-order valence-corrected chi connectivity index (χ2v) is 10.0. The topological polar surface area (TPSA) is 152 Å². The molecule has 0 aromatic heterocycles. The van der Waals surface area contributed by atoms with Crippen molar-refractivity contribution in [2.75, 3.05) is 33.3 Å². The normalized spacial score (nSPS) is 16.8. The van der Waals surface area contributed by atoms with Gasteiger partial charge in [0.25, 0.3) is 0 Å². The maximum atomic E-state index is 12.1. The van der Waals surface area contributed by atoms with Gasteiger partial charge >= 0.3 is 18.2 Å². The number of ether oxygens (including phenoxy) is 3. The van der Waals surface area contributed by atoms with Crippen molar-refractivity contribution in [3.05, 3.63) is 0 Å². The van der Waals surface area contributed by atoms with Gasteiger partial charge in [-0.1, -0.05) is 13.3 Å². The van der Waals surface area contributed by atoms with E-state index in [2.05, 4.69) is 22.9 Å². The zero-order valence-electron chi connectivity index (χ0n) is 22.5. The van der Waals surface area contributed by atoms with Gasteiger partial charge in [0, 0.05) is 19.5 Å². The standard InChI is InChI=1S/C14H22N3O6.C9H19NO2.Fm/c1-13(2,3)23-12(21)16-14(11(20)22-4)5-6-17(8-14)10(19)7-15-9-18;1-5-6-7-10-8(11)12-9(2,3)4;/h5-8H2,1-4H3,(H,15,18)(H,16,21);5-7H2,1-4H3,(H,10,11);/q-1;;. The number of amides is 4. The number of alkyl carbamates (subject to hydrolysis) is 2. The molecule has 1 aliphatic heterocycles. The molecule has 1 rings (SSSR count). The molecule has 1 heterocycles. The summed E-state index contributed by atoms with van der Waals surface area (Å²) < 4.78 is 14.9. The molecule has 12 nitrogen and oxygen atoms in total. The molecule has 1 atom stereocenters. The summed E-state index contributed by atoms with van der Waals surface area (Å²) in [6.45, 7) is 13.4. The Balaban J connectivity index is 0. The van der Waals surface area contributed by atoms with Crippen LogP contribution in [0.2, 0.25) is 0 Å². The van der Waals surface area contributed by atoms with Crippen LogP contribution in [-0.2, 0) is 28.6 Å². The number of unbranched alkanes of at least 4 members (excludes halogenated alkanes) is 1. The van der Waals surface area contributed by atoms with Crippen LogP contribution in [0.25, 0.3) is 0 Å². The van der Waals surface area contributed by atoms with E-state index in [1.807, 2.05) is 20.8 Å². The second-order valence-electron chi connectivity index (χ2n) is 10.0. The summed E-state index contributed by atoms with van der Waals surface area (Å²) >= 11 is 0. The molecule has 0 radical (unpaired) electrons. The van der Waals surface area contributed by atoms with Gasteiger partial charge in [0.1, 0.15) is 11.2 Å². The summed E-state index contributed by atoms with van der Waals surface area (Å²) in [5.41, 5.74) is -2.48. The van der Waals surface area contributed by atoms with E-state index in [4.69, 9.17) is 14.2 Å². The van der Waals surface area contributed by atoms with Gasteiger partial charge in [-0.25, -0.2) is 14.4 Å². The second kappa shape index (κ2) is 15.0. The Kier molecular flexibility index (Phi) is 14.3. The molecule has 13 heteroatoms. The summed E-state index contributed by atoms with van der Waals surface area (Å²) in [5, 5.41) is 7.33. The van der Waals surface area contributed by atoms with Gasteiger partial charge in [-0.3, -0.25) is 4.79 Å². The third kappa shape index (κ3) is 13.6. The van der Waals surface area contributed by atoms with E-state index >= 15 is 0 Å². The van der Waals surface area contributed by atoms with E-state index in [9.17, 15) is 24.0 Å². The van der Waals surface area contributed by atoms with Crippen molar-refractivity contribution in [1.82, 2.24) is 20.9 Å². The van der Waals surface area contributed by atoms with Crippen molar-refractivity contribution in [2.24, 2.45) is 0 Å². The molecule has 3 N–H and O–H groups in total. The monoisotopic (exact) mass is 758 g/mol. The van der Waals surface area contributed by atoms with Crippen molar-refractivity contribution in [3.63, 3.8) is 0 Å². The van der Waals surface area contributed by atoms with E-state index in [-0.39, 0.29) is 38.1 Å². The van der Waals surface area contributed by atoms with E-state index in [0.29, 0.717) is 6.54 Å². The third-order valence-corrected chi connectivity index (χ3v) is 4.45. The van der Waals surface area contributed by atoms with E-state index in [0.717, 1.165) is 12.8 Å². The van der Waals surface area contributed by atoms with Crippen molar-refractivity contribution in [3.8, 4) is 0 Å². The van der Waals surface area contributed by atoms with Crippen LogP contribution in [0.4, 0.5) is 9.59 Å². The number of hydrogen-bond acceptors (Lipinski definition) is 8. The SMILES string of the molecule is CCCCNC(=O)OC(C)(C)C.COC(=O)C1(NC(=O)OC(C)(C)C)CCN(C(=O)CN[C-]=O)C1.[Fm]. The average Bonchev–Trinajstić information content (AvgIpc) is 3.14. The number of carbonyl (C=O) groups is 4. The minimum Gasteiger partial charge on any atom is -0.522 e. The Morgan fingerprint density at radius 2 is 1.56 bits per heavy atom. The van der Waals surface area contributed by atoms with Gasteiger partial charge in [-0.2, -0.15) is 6.41 Å². The van der Waals surface area contributed by atoms with E-state index in [1.54, 1.807) is 20.8 Å². The maximum Gasteiger partial charge on any atom is 0.408 e. The first-order chi connectivity index (χ1) is 16.1. The van der Waals surface area contributed by atoms with Crippen molar-refractivity contribution in [2.45, 2.75) is 84.5 Å². The fourth-order valence-electron chi connectivity index (χ4n) is 2.94. The van der Waals surface area contributed by atoms with E-state index in [1.165, 1.54) is 18.4 Å². The molecule has 1 fully saturated rings. The molecule has 214 valence electrons. The van der Waals surface area contributed by atoms with Crippen LogP contribution < -0.4 is 16.0 Å². The summed E-state index contributed by atoms with van der Waals surface area (Å²) in [7, 11) is 1.20. The van der Waals surface area contributed by atoms with Crippen LogP contribution in [-0.4, -0.2) is 85.4 Å². The number of methoxy groups -OCH3 is 1. The fourth-order valence-corrected chi connectivity index (χ4v) is 2.94. The Bertz CT molecular complexity index is 737.